The number of benzene rings is 2. The topological polar surface area (TPSA) is 12.5 Å². The maximum Gasteiger partial charge on any atom is 0.132 e. The number of nitrogens with zero attached hydrogens (tertiary/aromatic N) is 1. The van der Waals surface area contributed by atoms with Gasteiger partial charge in [-0.2, -0.15) is 11.8 Å². The van der Waals surface area contributed by atoms with Crippen molar-refractivity contribution in [2.24, 2.45) is 0 Å². The van der Waals surface area contributed by atoms with Crippen LogP contribution < -0.4 is 4.74 Å². The van der Waals surface area contributed by atoms with Gasteiger partial charge in [-0.25, -0.2) is 4.39 Å². The Morgan fingerprint density at radius 1 is 1.17 bits per heavy atom. The number of halogens is 3. The molecule has 1 aliphatic heterocycles. The molecule has 1 fully saturated rings. The maximum absolute atomic E-state index is 13.7. The normalized spacial score (nSPS) is 18.9. The fourth-order valence-electron chi connectivity index (χ4n) is 2.50. The summed E-state index contributed by atoms with van der Waals surface area (Å²) in [7, 11) is 2.07. The van der Waals surface area contributed by atoms with Crippen LogP contribution in [-0.4, -0.2) is 30.8 Å². The minimum Gasteiger partial charge on any atom is -0.457 e. The van der Waals surface area contributed by atoms with E-state index in [1.165, 1.54) is 6.07 Å². The second kappa shape index (κ2) is 7.31. The van der Waals surface area contributed by atoms with Crippen molar-refractivity contribution in [1.82, 2.24) is 4.90 Å². The minimum absolute atomic E-state index is 0.183. The monoisotopic (exact) mass is 371 g/mol. The van der Waals surface area contributed by atoms with E-state index >= 15 is 0 Å². The van der Waals surface area contributed by atoms with Crippen LogP contribution in [0, 0.1) is 5.82 Å². The molecule has 1 unspecified atom stereocenters. The van der Waals surface area contributed by atoms with Gasteiger partial charge in [0.05, 0.1) is 10.0 Å². The Morgan fingerprint density at radius 2 is 2.00 bits per heavy atom. The van der Waals surface area contributed by atoms with Crippen molar-refractivity contribution in [1.29, 1.82) is 0 Å². The molecule has 2 aromatic carbocycles. The predicted octanol–water partition coefficient (Wildman–Crippen LogP) is 5.64. The Bertz CT molecular complexity index is 713. The SMILES string of the molecule is CN1CCSC(c2cc(F)ccc2Oc2ccc(Cl)c(Cl)c2)C1. The van der Waals surface area contributed by atoms with E-state index in [4.69, 9.17) is 27.9 Å². The lowest BCUT2D eigenvalue weighted by Gasteiger charge is -2.30. The molecule has 1 heterocycles. The highest BCUT2D eigenvalue weighted by Crippen LogP contribution is 2.40. The molecule has 0 radical (unpaired) electrons. The van der Waals surface area contributed by atoms with Crippen LogP contribution in [0.2, 0.25) is 10.0 Å². The van der Waals surface area contributed by atoms with Gasteiger partial charge in [0, 0.05) is 35.7 Å². The maximum atomic E-state index is 13.7. The van der Waals surface area contributed by atoms with Crippen molar-refractivity contribution in [2.75, 3.05) is 25.9 Å². The summed E-state index contributed by atoms with van der Waals surface area (Å²) in [5, 5.41) is 1.09. The van der Waals surface area contributed by atoms with Gasteiger partial charge in [0.25, 0.3) is 0 Å². The van der Waals surface area contributed by atoms with E-state index in [0.717, 1.165) is 24.4 Å². The summed E-state index contributed by atoms with van der Waals surface area (Å²) in [6, 6.07) is 9.74. The third-order valence-electron chi connectivity index (χ3n) is 3.71. The van der Waals surface area contributed by atoms with Gasteiger partial charge in [0.1, 0.15) is 17.3 Å². The average molecular weight is 372 g/mol. The lowest BCUT2D eigenvalue weighted by Crippen LogP contribution is -2.30. The smallest absolute Gasteiger partial charge is 0.132 e. The number of hydrogen-bond acceptors (Lipinski definition) is 3. The van der Waals surface area contributed by atoms with E-state index < -0.39 is 0 Å². The van der Waals surface area contributed by atoms with E-state index in [9.17, 15) is 4.39 Å². The summed E-state index contributed by atoms with van der Waals surface area (Å²) in [5.74, 6) is 2.00. The van der Waals surface area contributed by atoms with Gasteiger partial charge in [-0.3, -0.25) is 0 Å². The lowest BCUT2D eigenvalue weighted by molar-refractivity contribution is 0.344. The molecule has 0 saturated carbocycles. The summed E-state index contributed by atoms with van der Waals surface area (Å²) in [6.45, 7) is 1.91. The highest BCUT2D eigenvalue weighted by molar-refractivity contribution is 7.99. The summed E-state index contributed by atoms with van der Waals surface area (Å²) in [5.41, 5.74) is 0.868. The number of ether oxygens (including phenoxy) is 1. The molecule has 0 bridgehead atoms. The molecule has 0 spiro atoms. The van der Waals surface area contributed by atoms with E-state index in [0.29, 0.717) is 21.5 Å². The molecule has 2 aromatic rings. The molecule has 122 valence electrons. The minimum atomic E-state index is -0.254. The Labute approximate surface area is 149 Å². The zero-order valence-corrected chi connectivity index (χ0v) is 14.9. The Morgan fingerprint density at radius 3 is 2.74 bits per heavy atom. The van der Waals surface area contributed by atoms with E-state index in [-0.39, 0.29) is 11.1 Å². The van der Waals surface area contributed by atoms with Gasteiger partial charge in [0.15, 0.2) is 0 Å². The second-order valence-corrected chi connectivity index (χ2v) is 7.61. The molecule has 1 aliphatic rings. The van der Waals surface area contributed by atoms with Gasteiger partial charge < -0.3 is 9.64 Å². The molecular formula is C17H16Cl2FNOS. The number of thioether (sulfide) groups is 1. The van der Waals surface area contributed by atoms with Crippen molar-refractivity contribution in [2.45, 2.75) is 5.25 Å². The molecule has 1 atom stereocenters. The molecular weight excluding hydrogens is 356 g/mol. The van der Waals surface area contributed by atoms with Crippen molar-refractivity contribution in [3.63, 3.8) is 0 Å². The first-order valence-corrected chi connectivity index (χ1v) is 9.06. The van der Waals surface area contributed by atoms with E-state index in [1.54, 1.807) is 30.3 Å². The van der Waals surface area contributed by atoms with Crippen molar-refractivity contribution in [3.8, 4) is 11.5 Å². The van der Waals surface area contributed by atoms with Gasteiger partial charge in [0.2, 0.25) is 0 Å². The van der Waals surface area contributed by atoms with Crippen LogP contribution in [0.5, 0.6) is 11.5 Å². The zero-order valence-electron chi connectivity index (χ0n) is 12.6. The summed E-state index contributed by atoms with van der Waals surface area (Å²) in [6.07, 6.45) is 0. The summed E-state index contributed by atoms with van der Waals surface area (Å²) < 4.78 is 19.7. The van der Waals surface area contributed by atoms with Gasteiger partial charge in [-0.1, -0.05) is 23.2 Å². The molecule has 0 aromatic heterocycles. The molecule has 0 amide bonds. The first kappa shape index (κ1) is 16.9. The first-order chi connectivity index (χ1) is 11.0. The van der Waals surface area contributed by atoms with Crippen LogP contribution >= 0.6 is 35.0 Å². The van der Waals surface area contributed by atoms with E-state index in [2.05, 4.69) is 11.9 Å². The standard InChI is InChI=1S/C17H16Cl2FNOS/c1-21-6-7-23-17(10-21)13-8-11(20)2-5-16(13)22-12-3-4-14(18)15(19)9-12/h2-5,8-9,17H,6-7,10H2,1H3. The lowest BCUT2D eigenvalue weighted by atomic mass is 10.1. The molecule has 1 saturated heterocycles. The van der Waals surface area contributed by atoms with Gasteiger partial charge in [-0.05, 0) is 37.4 Å². The highest BCUT2D eigenvalue weighted by Gasteiger charge is 2.23. The fraction of sp³-hybridized carbons (Fsp3) is 0.294. The van der Waals surface area contributed by atoms with Crippen molar-refractivity contribution < 1.29 is 9.13 Å². The Balaban J connectivity index is 1.90. The van der Waals surface area contributed by atoms with Crippen LogP contribution in [-0.2, 0) is 0 Å². The Kier molecular flexibility index (Phi) is 5.37. The Hall–Kier alpha value is -0.940. The van der Waals surface area contributed by atoms with Crippen LogP contribution in [0.15, 0.2) is 36.4 Å². The van der Waals surface area contributed by atoms with E-state index in [1.807, 2.05) is 11.8 Å². The third kappa shape index (κ3) is 4.13. The van der Waals surface area contributed by atoms with Crippen LogP contribution in [0.1, 0.15) is 10.8 Å². The number of rotatable bonds is 3. The zero-order chi connectivity index (χ0) is 16.4. The third-order valence-corrected chi connectivity index (χ3v) is 5.67. The summed E-state index contributed by atoms with van der Waals surface area (Å²) in [4.78, 5) is 2.25. The fourth-order valence-corrected chi connectivity index (χ4v) is 4.21. The van der Waals surface area contributed by atoms with Gasteiger partial charge in [-0.15, -0.1) is 0 Å². The second-order valence-electron chi connectivity index (χ2n) is 5.48. The molecule has 2 nitrogen and oxygen atoms in total. The number of hydrogen-bond donors (Lipinski definition) is 0. The molecule has 23 heavy (non-hydrogen) atoms. The number of likely N-dealkylation sites (N-methyl/N-ethyl adjacent to an activating group) is 1. The highest BCUT2D eigenvalue weighted by atomic mass is 35.5. The molecule has 6 heteroatoms. The average Bonchev–Trinajstić information content (AvgIpc) is 2.52. The van der Waals surface area contributed by atoms with Crippen LogP contribution in [0.4, 0.5) is 4.39 Å². The van der Waals surface area contributed by atoms with Crippen LogP contribution in [0.25, 0.3) is 0 Å². The predicted molar refractivity (Wildman–Crippen MR) is 95.6 cm³/mol. The van der Waals surface area contributed by atoms with Gasteiger partial charge >= 0.3 is 0 Å². The van der Waals surface area contributed by atoms with Crippen LogP contribution in [0.3, 0.4) is 0 Å². The quantitative estimate of drug-likeness (QED) is 0.691. The first-order valence-electron chi connectivity index (χ1n) is 7.25. The molecule has 0 N–H and O–H groups in total. The largest absolute Gasteiger partial charge is 0.457 e. The summed E-state index contributed by atoms with van der Waals surface area (Å²) >= 11 is 13.8. The molecule has 3 rings (SSSR count). The van der Waals surface area contributed by atoms with Crippen molar-refractivity contribution >= 4 is 35.0 Å². The molecule has 0 aliphatic carbocycles. The van der Waals surface area contributed by atoms with Crippen molar-refractivity contribution in [3.05, 3.63) is 57.8 Å².